The number of nitrogens with zero attached hydrogens (tertiary/aromatic N) is 3. The topological polar surface area (TPSA) is 98.6 Å². The molecule has 0 N–H and O–H groups in total. The van der Waals surface area contributed by atoms with Gasteiger partial charge in [0.1, 0.15) is 0 Å². The fourth-order valence-electron chi connectivity index (χ4n) is 4.43. The number of allylic oxidation sites excluding steroid dienone is 3. The molecular formula is C29H30FN3O5S2. The zero-order valence-corrected chi connectivity index (χ0v) is 24.6. The molecule has 2 heterocycles. The van der Waals surface area contributed by atoms with Crippen molar-refractivity contribution < 1.29 is 26.0 Å². The lowest BCUT2D eigenvalue weighted by Gasteiger charge is -2.15. The van der Waals surface area contributed by atoms with Gasteiger partial charge in [-0.25, -0.2) is 34.5 Å². The van der Waals surface area contributed by atoms with Crippen LogP contribution in [0, 0.1) is 12.7 Å². The van der Waals surface area contributed by atoms with Crippen LogP contribution >= 0.6 is 0 Å². The van der Waals surface area contributed by atoms with E-state index in [0.717, 1.165) is 8.28 Å². The second-order valence-corrected chi connectivity index (χ2v) is 13.2. The summed E-state index contributed by atoms with van der Waals surface area (Å²) in [6.07, 6.45) is 7.48. The lowest BCUT2D eigenvalue weighted by molar-refractivity contribution is 0.388. The van der Waals surface area contributed by atoms with Crippen LogP contribution < -0.4 is 4.74 Å². The number of ether oxygens (including phenoxy) is 1. The van der Waals surface area contributed by atoms with Crippen LogP contribution in [-0.2, 0) is 20.0 Å². The average molecular weight is 584 g/mol. The first-order valence-corrected chi connectivity index (χ1v) is 15.2. The third kappa shape index (κ3) is 4.96. The second kappa shape index (κ2) is 11.0. The van der Waals surface area contributed by atoms with Crippen LogP contribution in [0.5, 0.6) is 5.75 Å². The molecule has 0 amide bonds. The van der Waals surface area contributed by atoms with Gasteiger partial charge in [-0.1, -0.05) is 36.4 Å². The van der Waals surface area contributed by atoms with Gasteiger partial charge in [0, 0.05) is 48.6 Å². The Hall–Kier alpha value is -3.80. The van der Waals surface area contributed by atoms with Crippen molar-refractivity contribution in [2.24, 2.45) is 0 Å². The molecular weight excluding hydrogens is 553 g/mol. The summed E-state index contributed by atoms with van der Waals surface area (Å²) in [6, 6.07) is 11.2. The molecule has 2 aromatic carbocycles. The number of sulfonamides is 1. The third-order valence-electron chi connectivity index (χ3n) is 6.53. The lowest BCUT2D eigenvalue weighted by Crippen LogP contribution is -2.23. The van der Waals surface area contributed by atoms with Crippen molar-refractivity contribution in [3.8, 4) is 28.0 Å². The summed E-state index contributed by atoms with van der Waals surface area (Å²) in [5.41, 5.74) is 2.55. The van der Waals surface area contributed by atoms with Crippen LogP contribution in [-0.4, -0.2) is 51.3 Å². The minimum Gasteiger partial charge on any atom is -0.493 e. The van der Waals surface area contributed by atoms with E-state index >= 15 is 0 Å². The Labute approximate surface area is 234 Å². The van der Waals surface area contributed by atoms with Crippen molar-refractivity contribution in [1.82, 2.24) is 13.3 Å². The number of benzene rings is 2. The van der Waals surface area contributed by atoms with Gasteiger partial charge in [0.05, 0.1) is 16.9 Å². The molecule has 0 unspecified atom stereocenters. The number of rotatable bonds is 8. The quantitative estimate of drug-likeness (QED) is 0.246. The molecule has 0 atom stereocenters. The van der Waals surface area contributed by atoms with Crippen molar-refractivity contribution in [1.29, 1.82) is 0 Å². The molecule has 11 heteroatoms. The van der Waals surface area contributed by atoms with Gasteiger partial charge in [-0.05, 0) is 56.2 Å². The van der Waals surface area contributed by atoms with E-state index < -0.39 is 25.9 Å². The summed E-state index contributed by atoms with van der Waals surface area (Å²) in [4.78, 5) is 4.72. The van der Waals surface area contributed by atoms with Gasteiger partial charge in [0.2, 0.25) is 10.0 Å². The number of hydrogen-bond donors (Lipinski definition) is 0. The number of halogens is 1. The standard InChI is InChI=1S/C29H30FN3O5S2/c1-7-10-22(8-2)39(34,35)33-18-25(23-11-9-12-26(30)28(23)38-6)24-15-21(17-31-29(24)33)20-14-13-19(3)27(16-20)40(36,37)32(4)5/h7-18H,1-6H3. The Morgan fingerprint density at radius 1 is 1.02 bits per heavy atom. The molecule has 0 saturated carbocycles. The van der Waals surface area contributed by atoms with Crippen LogP contribution in [0.25, 0.3) is 33.3 Å². The molecule has 0 saturated heterocycles. The maximum absolute atomic E-state index is 14.7. The van der Waals surface area contributed by atoms with Crippen LogP contribution in [0.3, 0.4) is 0 Å². The minimum atomic E-state index is -4.07. The zero-order valence-electron chi connectivity index (χ0n) is 23.0. The molecule has 0 bridgehead atoms. The van der Waals surface area contributed by atoms with Crippen LogP contribution in [0.15, 0.2) is 82.9 Å². The Morgan fingerprint density at radius 2 is 1.75 bits per heavy atom. The Morgan fingerprint density at radius 3 is 2.38 bits per heavy atom. The third-order valence-corrected chi connectivity index (χ3v) is 10.2. The van der Waals surface area contributed by atoms with Crippen LogP contribution in [0.4, 0.5) is 4.39 Å². The van der Waals surface area contributed by atoms with Gasteiger partial charge in [-0.2, -0.15) is 0 Å². The van der Waals surface area contributed by atoms with E-state index in [1.807, 2.05) is 0 Å². The summed E-state index contributed by atoms with van der Waals surface area (Å²) >= 11 is 0. The maximum atomic E-state index is 14.7. The van der Waals surface area contributed by atoms with Gasteiger partial charge in [0.25, 0.3) is 10.0 Å². The highest BCUT2D eigenvalue weighted by molar-refractivity contribution is 7.94. The number of methoxy groups -OCH3 is 1. The summed E-state index contributed by atoms with van der Waals surface area (Å²) < 4.78 is 75.5. The van der Waals surface area contributed by atoms with E-state index in [0.29, 0.717) is 33.2 Å². The summed E-state index contributed by atoms with van der Waals surface area (Å²) in [7, 11) is -3.52. The molecule has 8 nitrogen and oxygen atoms in total. The summed E-state index contributed by atoms with van der Waals surface area (Å²) in [6.45, 7) is 5.05. The fraction of sp³-hybridized carbons (Fsp3) is 0.207. The Kier molecular flexibility index (Phi) is 8.02. The molecule has 2 aromatic heterocycles. The van der Waals surface area contributed by atoms with E-state index in [4.69, 9.17) is 4.74 Å². The highest BCUT2D eigenvalue weighted by Crippen LogP contribution is 2.40. The molecule has 4 aromatic rings. The SMILES string of the molecule is CC=CC(=CC)S(=O)(=O)n1cc(-c2cccc(F)c2OC)c2cc(-c3ccc(C)c(S(=O)(=O)N(C)C)c3)cnc21. The normalized spacial score (nSPS) is 13.1. The number of pyridine rings is 1. The number of fused-ring (bicyclic) bond motifs is 1. The number of aryl methyl sites for hydroxylation is 1. The van der Waals surface area contributed by atoms with Crippen LogP contribution in [0.1, 0.15) is 19.4 Å². The van der Waals surface area contributed by atoms with Crippen LogP contribution in [0.2, 0.25) is 0 Å². The van der Waals surface area contributed by atoms with Crippen molar-refractivity contribution in [2.45, 2.75) is 25.7 Å². The van der Waals surface area contributed by atoms with E-state index in [-0.39, 0.29) is 21.2 Å². The number of para-hydroxylation sites is 1. The highest BCUT2D eigenvalue weighted by Gasteiger charge is 2.26. The van der Waals surface area contributed by atoms with Gasteiger partial charge in [0.15, 0.2) is 17.2 Å². The Bertz CT molecular complexity index is 1890. The molecule has 210 valence electrons. The molecule has 4 rings (SSSR count). The summed E-state index contributed by atoms with van der Waals surface area (Å²) in [5.74, 6) is -0.647. The van der Waals surface area contributed by atoms with E-state index in [1.54, 1.807) is 57.2 Å². The molecule has 0 spiro atoms. The number of aromatic nitrogens is 2. The smallest absolute Gasteiger partial charge is 0.269 e. The van der Waals surface area contributed by atoms with E-state index in [2.05, 4.69) is 4.98 Å². The first-order valence-electron chi connectivity index (χ1n) is 12.3. The molecule has 0 fully saturated rings. The van der Waals surface area contributed by atoms with E-state index in [1.165, 1.54) is 57.9 Å². The predicted molar refractivity (Wildman–Crippen MR) is 156 cm³/mol. The van der Waals surface area contributed by atoms with Gasteiger partial charge in [-0.3, -0.25) is 0 Å². The zero-order chi connectivity index (χ0) is 29.4. The lowest BCUT2D eigenvalue weighted by atomic mass is 10.0. The highest BCUT2D eigenvalue weighted by atomic mass is 32.2. The molecule has 0 aliphatic carbocycles. The average Bonchev–Trinajstić information content (AvgIpc) is 3.31. The predicted octanol–water partition coefficient (Wildman–Crippen LogP) is 5.73. The largest absolute Gasteiger partial charge is 0.493 e. The van der Waals surface area contributed by atoms with Gasteiger partial charge < -0.3 is 4.74 Å². The monoisotopic (exact) mass is 583 g/mol. The summed E-state index contributed by atoms with van der Waals surface area (Å²) in [5, 5.41) is 0.415. The maximum Gasteiger partial charge on any atom is 0.269 e. The molecule has 0 radical (unpaired) electrons. The molecule has 40 heavy (non-hydrogen) atoms. The molecule has 0 aliphatic rings. The van der Waals surface area contributed by atoms with Crippen molar-refractivity contribution in [2.75, 3.05) is 21.2 Å². The first kappa shape index (κ1) is 29.2. The second-order valence-electron chi connectivity index (χ2n) is 9.22. The number of hydrogen-bond acceptors (Lipinski definition) is 6. The molecule has 0 aliphatic heterocycles. The van der Waals surface area contributed by atoms with Gasteiger partial charge in [-0.15, -0.1) is 0 Å². The van der Waals surface area contributed by atoms with E-state index in [9.17, 15) is 21.2 Å². The van der Waals surface area contributed by atoms with Crippen molar-refractivity contribution in [3.63, 3.8) is 0 Å². The first-order chi connectivity index (χ1) is 18.9. The van der Waals surface area contributed by atoms with Crippen molar-refractivity contribution >= 4 is 31.1 Å². The van der Waals surface area contributed by atoms with Crippen molar-refractivity contribution in [3.05, 3.63) is 89.4 Å². The van der Waals surface area contributed by atoms with Gasteiger partial charge >= 0.3 is 0 Å². The Balaban J connectivity index is 2.06. The minimum absolute atomic E-state index is 0.0428. The fourth-order valence-corrected chi connectivity index (χ4v) is 7.02.